The minimum Gasteiger partial charge on any atom is -0.300 e. The van der Waals surface area contributed by atoms with Gasteiger partial charge in [0.1, 0.15) is 5.82 Å². The van der Waals surface area contributed by atoms with Gasteiger partial charge in [-0.2, -0.15) is 0 Å². The standard InChI is InChI=1S/C19H13N3S/c1-2-6-13(7-3-1)16-11-22-17-10-20-15-9-5-4-8-14(15)19(17)23-12-18(22)21-16/h1-11H,12H2. The Morgan fingerprint density at radius 3 is 2.70 bits per heavy atom. The summed E-state index contributed by atoms with van der Waals surface area (Å²) in [5.74, 6) is 1.96. The highest BCUT2D eigenvalue weighted by atomic mass is 32.2. The number of thioether (sulfide) groups is 1. The lowest BCUT2D eigenvalue weighted by Crippen LogP contribution is -2.06. The van der Waals surface area contributed by atoms with E-state index in [1.54, 1.807) is 0 Å². The Labute approximate surface area is 138 Å². The molecule has 0 radical (unpaired) electrons. The summed E-state index contributed by atoms with van der Waals surface area (Å²) in [5, 5.41) is 1.22. The van der Waals surface area contributed by atoms with E-state index in [2.05, 4.69) is 46.1 Å². The molecule has 0 amide bonds. The largest absolute Gasteiger partial charge is 0.300 e. The summed E-state index contributed by atoms with van der Waals surface area (Å²) in [4.78, 5) is 10.7. The quantitative estimate of drug-likeness (QED) is 0.510. The maximum absolute atomic E-state index is 4.81. The number of fused-ring (bicyclic) bond motifs is 5. The highest BCUT2D eigenvalue weighted by Gasteiger charge is 2.21. The highest BCUT2D eigenvalue weighted by molar-refractivity contribution is 7.99. The maximum Gasteiger partial charge on any atom is 0.124 e. The van der Waals surface area contributed by atoms with Crippen molar-refractivity contribution in [2.24, 2.45) is 0 Å². The van der Waals surface area contributed by atoms with Gasteiger partial charge in [-0.3, -0.25) is 9.55 Å². The van der Waals surface area contributed by atoms with Crippen molar-refractivity contribution >= 4 is 22.7 Å². The average Bonchev–Trinajstić information content (AvgIpc) is 3.07. The van der Waals surface area contributed by atoms with E-state index in [1.807, 2.05) is 42.2 Å². The van der Waals surface area contributed by atoms with Gasteiger partial charge in [0.25, 0.3) is 0 Å². The van der Waals surface area contributed by atoms with Gasteiger partial charge >= 0.3 is 0 Å². The molecule has 0 unspecified atom stereocenters. The van der Waals surface area contributed by atoms with Crippen molar-refractivity contribution in [1.29, 1.82) is 0 Å². The molecule has 5 rings (SSSR count). The van der Waals surface area contributed by atoms with Gasteiger partial charge in [-0.15, -0.1) is 11.8 Å². The fourth-order valence-corrected chi connectivity index (χ4v) is 4.15. The molecule has 0 fully saturated rings. The second kappa shape index (κ2) is 4.96. The number of rotatable bonds is 1. The van der Waals surface area contributed by atoms with Crippen LogP contribution in [0.2, 0.25) is 0 Å². The first-order chi connectivity index (χ1) is 11.4. The summed E-state index contributed by atoms with van der Waals surface area (Å²) in [6.45, 7) is 0. The van der Waals surface area contributed by atoms with Gasteiger partial charge in [0, 0.05) is 22.0 Å². The molecule has 0 saturated heterocycles. The minimum atomic E-state index is 0.883. The molecule has 0 spiro atoms. The van der Waals surface area contributed by atoms with Crippen LogP contribution in [-0.4, -0.2) is 14.5 Å². The molecule has 2 aromatic carbocycles. The fourth-order valence-electron chi connectivity index (χ4n) is 3.04. The Balaban J connectivity index is 1.72. The molecule has 1 aliphatic rings. The third kappa shape index (κ3) is 1.99. The number of para-hydroxylation sites is 1. The number of pyridine rings is 1. The van der Waals surface area contributed by atoms with Gasteiger partial charge in [0.15, 0.2) is 0 Å². The van der Waals surface area contributed by atoms with Crippen molar-refractivity contribution in [2.45, 2.75) is 10.6 Å². The first-order valence-electron chi connectivity index (χ1n) is 7.55. The van der Waals surface area contributed by atoms with Crippen LogP contribution >= 0.6 is 11.8 Å². The summed E-state index contributed by atoms with van der Waals surface area (Å²) < 4.78 is 2.19. The highest BCUT2D eigenvalue weighted by Crippen LogP contribution is 2.39. The van der Waals surface area contributed by atoms with Crippen molar-refractivity contribution in [3.8, 4) is 16.9 Å². The summed E-state index contributed by atoms with van der Waals surface area (Å²) >= 11 is 1.85. The lowest BCUT2D eigenvalue weighted by atomic mass is 10.2. The molecule has 3 heterocycles. The van der Waals surface area contributed by atoms with Gasteiger partial charge in [-0.05, 0) is 6.07 Å². The van der Waals surface area contributed by atoms with Crippen LogP contribution in [0.4, 0.5) is 0 Å². The Bertz CT molecular complexity index is 1020. The monoisotopic (exact) mass is 315 g/mol. The third-order valence-corrected chi connectivity index (χ3v) is 5.28. The SMILES string of the molecule is c1ccc(-c2cn3c(n2)CSc2c-3cnc3ccccc23)cc1. The predicted molar refractivity (Wildman–Crippen MR) is 93.9 cm³/mol. The normalized spacial score (nSPS) is 12.9. The maximum atomic E-state index is 4.81. The fraction of sp³-hybridized carbons (Fsp3) is 0.0526. The van der Waals surface area contributed by atoms with Crippen LogP contribution in [0.25, 0.3) is 27.8 Å². The van der Waals surface area contributed by atoms with Crippen LogP contribution in [0.1, 0.15) is 5.82 Å². The molecule has 3 nitrogen and oxygen atoms in total. The average molecular weight is 315 g/mol. The topological polar surface area (TPSA) is 30.7 Å². The minimum absolute atomic E-state index is 0.883. The Morgan fingerprint density at radius 1 is 0.957 bits per heavy atom. The lowest BCUT2D eigenvalue weighted by molar-refractivity contribution is 0.920. The summed E-state index contributed by atoms with van der Waals surface area (Å²) in [5.41, 5.74) is 4.34. The van der Waals surface area contributed by atoms with Crippen LogP contribution in [0.5, 0.6) is 0 Å². The van der Waals surface area contributed by atoms with E-state index in [0.29, 0.717) is 0 Å². The second-order valence-electron chi connectivity index (χ2n) is 5.56. The number of hydrogen-bond acceptors (Lipinski definition) is 3. The van der Waals surface area contributed by atoms with Crippen molar-refractivity contribution in [2.75, 3.05) is 0 Å². The third-order valence-electron chi connectivity index (χ3n) is 4.16. The predicted octanol–water partition coefficient (Wildman–Crippen LogP) is 4.69. The van der Waals surface area contributed by atoms with Crippen LogP contribution in [0.15, 0.2) is 71.9 Å². The molecule has 4 aromatic rings. The Morgan fingerprint density at radius 2 is 1.78 bits per heavy atom. The Kier molecular flexibility index (Phi) is 2.78. The molecule has 2 aromatic heterocycles. The number of imidazole rings is 1. The zero-order valence-electron chi connectivity index (χ0n) is 12.3. The number of benzene rings is 2. The molecule has 110 valence electrons. The van der Waals surface area contributed by atoms with Crippen molar-refractivity contribution in [1.82, 2.24) is 14.5 Å². The van der Waals surface area contributed by atoms with E-state index in [9.17, 15) is 0 Å². The van der Waals surface area contributed by atoms with Gasteiger partial charge in [-0.1, -0.05) is 48.5 Å². The number of nitrogens with zero attached hydrogens (tertiary/aromatic N) is 3. The van der Waals surface area contributed by atoms with Crippen LogP contribution in [0.3, 0.4) is 0 Å². The van der Waals surface area contributed by atoms with Gasteiger partial charge < -0.3 is 0 Å². The van der Waals surface area contributed by atoms with Gasteiger partial charge in [-0.25, -0.2) is 4.98 Å². The van der Waals surface area contributed by atoms with Crippen LogP contribution in [0, 0.1) is 0 Å². The molecular weight excluding hydrogens is 302 g/mol. The molecule has 0 saturated carbocycles. The zero-order chi connectivity index (χ0) is 15.2. The molecule has 4 heteroatoms. The summed E-state index contributed by atoms with van der Waals surface area (Å²) in [6, 6.07) is 18.6. The van der Waals surface area contributed by atoms with Crippen LogP contribution in [-0.2, 0) is 5.75 Å². The van der Waals surface area contributed by atoms with Crippen molar-refractivity contribution < 1.29 is 0 Å². The molecule has 1 aliphatic heterocycles. The second-order valence-corrected chi connectivity index (χ2v) is 6.54. The van der Waals surface area contributed by atoms with Crippen molar-refractivity contribution in [3.05, 3.63) is 72.8 Å². The van der Waals surface area contributed by atoms with E-state index >= 15 is 0 Å². The van der Waals surface area contributed by atoms with Crippen molar-refractivity contribution in [3.63, 3.8) is 0 Å². The summed E-state index contributed by atoms with van der Waals surface area (Å²) in [7, 11) is 0. The van der Waals surface area contributed by atoms with E-state index in [0.717, 1.165) is 34.0 Å². The van der Waals surface area contributed by atoms with Crippen LogP contribution < -0.4 is 0 Å². The van der Waals surface area contributed by atoms with E-state index in [4.69, 9.17) is 4.98 Å². The van der Waals surface area contributed by atoms with E-state index in [-0.39, 0.29) is 0 Å². The first-order valence-corrected chi connectivity index (χ1v) is 8.53. The van der Waals surface area contributed by atoms with E-state index < -0.39 is 0 Å². The lowest BCUT2D eigenvalue weighted by Gasteiger charge is -2.18. The molecule has 0 atom stereocenters. The molecule has 0 aliphatic carbocycles. The van der Waals surface area contributed by atoms with Gasteiger partial charge in [0.05, 0.1) is 28.8 Å². The first kappa shape index (κ1) is 12.9. The van der Waals surface area contributed by atoms with E-state index in [1.165, 1.54) is 10.3 Å². The Hall–Kier alpha value is -2.59. The smallest absolute Gasteiger partial charge is 0.124 e. The molecular formula is C19H13N3S. The summed E-state index contributed by atoms with van der Waals surface area (Å²) in [6.07, 6.45) is 4.09. The molecule has 0 bridgehead atoms. The number of aromatic nitrogens is 3. The van der Waals surface area contributed by atoms with Gasteiger partial charge in [0.2, 0.25) is 0 Å². The zero-order valence-corrected chi connectivity index (χ0v) is 13.1. The molecule has 0 N–H and O–H groups in total. The molecule has 23 heavy (non-hydrogen) atoms. The number of hydrogen-bond donors (Lipinski definition) is 0.